The van der Waals surface area contributed by atoms with Crippen LogP contribution in [0.3, 0.4) is 0 Å². The zero-order valence-electron chi connectivity index (χ0n) is 24.1. The van der Waals surface area contributed by atoms with Crippen molar-refractivity contribution in [3.05, 3.63) is 53.2 Å². The molecule has 1 aromatic carbocycles. The number of carbonyl (C=O) groups is 3. The number of carbonyl (C=O) groups excluding carboxylic acids is 2. The highest BCUT2D eigenvalue weighted by molar-refractivity contribution is 5.88. The van der Waals surface area contributed by atoms with Crippen LogP contribution < -0.4 is 16.0 Å². The fourth-order valence-corrected chi connectivity index (χ4v) is 5.65. The summed E-state index contributed by atoms with van der Waals surface area (Å²) >= 11 is 0. The van der Waals surface area contributed by atoms with E-state index in [9.17, 15) is 19.5 Å². The van der Waals surface area contributed by atoms with Crippen molar-refractivity contribution >= 4 is 28.8 Å². The molecular formula is C30H42N6O4. The summed E-state index contributed by atoms with van der Waals surface area (Å²) in [4.78, 5) is 45.7. The summed E-state index contributed by atoms with van der Waals surface area (Å²) in [6, 6.07) is 6.37. The second kappa shape index (κ2) is 12.6. The number of hydrogen-bond donors (Lipinski definition) is 5. The lowest BCUT2D eigenvalue weighted by atomic mass is 9.87. The molecule has 0 unspecified atom stereocenters. The number of fused-ring (bicyclic) bond motifs is 1. The molecule has 3 amide bonds. The number of H-pyrrole nitrogens is 1. The number of hydrogen-bond acceptors (Lipinski definition) is 4. The van der Waals surface area contributed by atoms with Crippen molar-refractivity contribution < 1.29 is 19.5 Å². The number of imidazole rings is 1. The van der Waals surface area contributed by atoms with Crippen molar-refractivity contribution in [1.82, 2.24) is 30.5 Å². The maximum absolute atomic E-state index is 13.7. The van der Waals surface area contributed by atoms with E-state index in [0.29, 0.717) is 30.3 Å². The van der Waals surface area contributed by atoms with E-state index in [1.54, 1.807) is 6.92 Å². The third-order valence-corrected chi connectivity index (χ3v) is 7.84. The van der Waals surface area contributed by atoms with Gasteiger partial charge >= 0.3 is 12.0 Å². The number of carboxylic acids is 1. The van der Waals surface area contributed by atoms with Gasteiger partial charge in [0.05, 0.1) is 6.04 Å². The van der Waals surface area contributed by atoms with Gasteiger partial charge in [-0.15, -0.1) is 0 Å². The van der Waals surface area contributed by atoms with Gasteiger partial charge in [0, 0.05) is 42.3 Å². The Morgan fingerprint density at radius 1 is 1.12 bits per heavy atom. The fraction of sp³-hybridized carbons (Fsp3) is 0.533. The average Bonchev–Trinajstić information content (AvgIpc) is 3.44. The number of rotatable bonds is 10. The summed E-state index contributed by atoms with van der Waals surface area (Å²) in [7, 11) is 1.97. The molecule has 0 saturated heterocycles. The van der Waals surface area contributed by atoms with Gasteiger partial charge in [-0.25, -0.2) is 14.6 Å². The highest BCUT2D eigenvalue weighted by Gasteiger charge is 2.29. The maximum Gasteiger partial charge on any atom is 0.356 e. The number of benzene rings is 1. The van der Waals surface area contributed by atoms with Crippen LogP contribution in [0.4, 0.5) is 4.79 Å². The monoisotopic (exact) mass is 550 g/mol. The molecule has 40 heavy (non-hydrogen) atoms. The van der Waals surface area contributed by atoms with Crippen LogP contribution in [0.25, 0.3) is 10.9 Å². The lowest BCUT2D eigenvalue weighted by Gasteiger charge is -2.28. The summed E-state index contributed by atoms with van der Waals surface area (Å²) in [6.45, 7) is 7.89. The van der Waals surface area contributed by atoms with Crippen molar-refractivity contribution in [1.29, 1.82) is 0 Å². The van der Waals surface area contributed by atoms with Crippen LogP contribution in [-0.2, 0) is 18.3 Å². The number of urea groups is 1. The first kappa shape index (κ1) is 29.2. The molecule has 1 fully saturated rings. The molecular weight excluding hydrogens is 508 g/mol. The van der Waals surface area contributed by atoms with Crippen molar-refractivity contribution in [2.45, 2.75) is 84.3 Å². The van der Waals surface area contributed by atoms with E-state index in [0.717, 1.165) is 42.1 Å². The Morgan fingerprint density at radius 2 is 1.82 bits per heavy atom. The van der Waals surface area contributed by atoms with Gasteiger partial charge in [-0.2, -0.15) is 0 Å². The van der Waals surface area contributed by atoms with E-state index >= 15 is 0 Å². The van der Waals surface area contributed by atoms with Gasteiger partial charge in [0.1, 0.15) is 11.9 Å². The predicted molar refractivity (Wildman–Crippen MR) is 154 cm³/mol. The molecule has 1 aliphatic rings. The van der Waals surface area contributed by atoms with E-state index in [1.807, 2.05) is 55.9 Å². The molecule has 0 radical (unpaired) electrons. The Kier molecular flexibility index (Phi) is 9.17. The quantitative estimate of drug-likeness (QED) is 0.251. The number of para-hydroxylation sites is 1. The zero-order chi connectivity index (χ0) is 29.0. The molecule has 216 valence electrons. The topological polar surface area (TPSA) is 141 Å². The Morgan fingerprint density at radius 3 is 2.48 bits per heavy atom. The number of aromatic nitrogens is 3. The first-order valence-corrected chi connectivity index (χ1v) is 14.2. The standard InChI is InChI=1S/C30H42N6O4/c1-17(2)14-24(34-30(40)32-21-12-10-18(3)11-13-21)28(37)33-23(27-31-19(4)26(35-27)29(38)39)15-20-16-36(5)25-9-7-6-8-22(20)25/h6-9,16-18,21,23-24H,10-15H2,1-5H3,(H,31,35)(H,33,37)(H,38,39)(H2,32,34,40)/t18?,21?,23-,24+/m1/s1. The largest absolute Gasteiger partial charge is 0.476 e. The van der Waals surface area contributed by atoms with E-state index in [4.69, 9.17) is 0 Å². The highest BCUT2D eigenvalue weighted by Crippen LogP contribution is 2.26. The Labute approximate surface area is 235 Å². The molecule has 0 spiro atoms. The van der Waals surface area contributed by atoms with Crippen molar-refractivity contribution in [3.63, 3.8) is 0 Å². The number of nitrogens with zero attached hydrogens (tertiary/aromatic N) is 2. The van der Waals surface area contributed by atoms with Crippen molar-refractivity contribution in [2.24, 2.45) is 18.9 Å². The van der Waals surface area contributed by atoms with E-state index in [-0.39, 0.29) is 29.6 Å². The normalized spacial score (nSPS) is 18.9. The lowest BCUT2D eigenvalue weighted by Crippen LogP contribution is -2.53. The van der Waals surface area contributed by atoms with Gasteiger partial charge in [-0.1, -0.05) is 39.0 Å². The zero-order valence-corrected chi connectivity index (χ0v) is 24.1. The smallest absolute Gasteiger partial charge is 0.356 e. The second-order valence-electron chi connectivity index (χ2n) is 11.7. The molecule has 5 N–H and O–H groups in total. The number of nitrogens with one attached hydrogen (secondary N) is 4. The number of amides is 3. The van der Waals surface area contributed by atoms with Gasteiger partial charge in [-0.3, -0.25) is 4.79 Å². The van der Waals surface area contributed by atoms with Crippen LogP contribution in [0.2, 0.25) is 0 Å². The maximum atomic E-state index is 13.7. The van der Waals surface area contributed by atoms with Crippen LogP contribution in [0.5, 0.6) is 0 Å². The minimum Gasteiger partial charge on any atom is -0.476 e. The summed E-state index contributed by atoms with van der Waals surface area (Å²) in [5, 5.41) is 19.7. The van der Waals surface area contributed by atoms with Crippen LogP contribution in [0, 0.1) is 18.8 Å². The van der Waals surface area contributed by atoms with Gasteiger partial charge in [0.25, 0.3) is 0 Å². The average molecular weight is 551 g/mol. The first-order valence-electron chi connectivity index (χ1n) is 14.2. The molecule has 0 bridgehead atoms. The lowest BCUT2D eigenvalue weighted by molar-refractivity contribution is -0.124. The molecule has 0 aliphatic heterocycles. The number of aryl methyl sites for hydroxylation is 2. The molecule has 10 nitrogen and oxygen atoms in total. The summed E-state index contributed by atoms with van der Waals surface area (Å²) in [5.74, 6) is -0.278. The Bertz CT molecular complexity index is 1350. The molecule has 1 saturated carbocycles. The van der Waals surface area contributed by atoms with E-state index in [2.05, 4.69) is 32.8 Å². The van der Waals surface area contributed by atoms with Gasteiger partial charge in [0.15, 0.2) is 5.69 Å². The minimum absolute atomic E-state index is 0.0785. The van der Waals surface area contributed by atoms with Gasteiger partial charge in [-0.05, 0) is 62.5 Å². The molecule has 2 heterocycles. The van der Waals surface area contributed by atoms with Gasteiger partial charge < -0.3 is 30.6 Å². The molecule has 2 aromatic heterocycles. The second-order valence-corrected chi connectivity index (χ2v) is 11.7. The first-order chi connectivity index (χ1) is 19.0. The van der Waals surface area contributed by atoms with Crippen molar-refractivity contribution in [3.8, 4) is 0 Å². The molecule has 4 rings (SSSR count). The van der Waals surface area contributed by atoms with E-state index < -0.39 is 18.1 Å². The van der Waals surface area contributed by atoms with Crippen LogP contribution in [0.15, 0.2) is 30.5 Å². The molecule has 3 aromatic rings. The molecule has 10 heteroatoms. The van der Waals surface area contributed by atoms with Crippen LogP contribution in [-0.4, -0.2) is 49.6 Å². The summed E-state index contributed by atoms with van der Waals surface area (Å²) < 4.78 is 2.03. The van der Waals surface area contributed by atoms with E-state index in [1.165, 1.54) is 0 Å². The van der Waals surface area contributed by atoms with Gasteiger partial charge in [0.2, 0.25) is 5.91 Å². The van der Waals surface area contributed by atoms with Crippen LogP contribution in [0.1, 0.15) is 86.5 Å². The number of aromatic carboxylic acids is 1. The van der Waals surface area contributed by atoms with Crippen molar-refractivity contribution in [2.75, 3.05) is 0 Å². The fourth-order valence-electron chi connectivity index (χ4n) is 5.65. The number of aromatic amines is 1. The number of carboxylic acid groups (broad SMARTS) is 1. The molecule has 1 aliphatic carbocycles. The van der Waals surface area contributed by atoms with Crippen LogP contribution >= 0.6 is 0 Å². The summed E-state index contributed by atoms with van der Waals surface area (Å²) in [5.41, 5.74) is 2.38. The third kappa shape index (κ3) is 7.03. The Balaban J connectivity index is 1.56. The summed E-state index contributed by atoms with van der Waals surface area (Å²) in [6.07, 6.45) is 6.90. The predicted octanol–water partition coefficient (Wildman–Crippen LogP) is 4.60. The third-order valence-electron chi connectivity index (χ3n) is 7.84. The Hall–Kier alpha value is -3.82. The highest BCUT2D eigenvalue weighted by atomic mass is 16.4. The minimum atomic E-state index is -1.14. The molecule has 2 atom stereocenters. The SMILES string of the molecule is Cc1[nH]c([C@@H](Cc2cn(C)c3ccccc23)NC(=O)[C@H](CC(C)C)NC(=O)NC2CCC(C)CC2)nc1C(=O)O.